The molecule has 0 aliphatic heterocycles. The van der Waals surface area contributed by atoms with E-state index in [0.29, 0.717) is 33.2 Å². The first kappa shape index (κ1) is 14.6. The zero-order chi connectivity index (χ0) is 17.1. The van der Waals surface area contributed by atoms with Gasteiger partial charge in [-0.25, -0.2) is 4.98 Å². The van der Waals surface area contributed by atoms with Crippen LogP contribution in [0.1, 0.15) is 24.7 Å². The third-order valence-corrected chi connectivity index (χ3v) is 4.74. The maximum absolute atomic E-state index is 13.2. The monoisotopic (exact) mass is 351 g/mol. The van der Waals surface area contributed by atoms with Gasteiger partial charge in [0.2, 0.25) is 0 Å². The Hall–Kier alpha value is -2.73. The Morgan fingerprint density at radius 1 is 1.20 bits per heavy atom. The molecular weight excluding hydrogens is 338 g/mol. The second-order valence-electron chi connectivity index (χ2n) is 6.36. The Morgan fingerprint density at radius 3 is 2.80 bits per heavy atom. The molecule has 0 N–H and O–H groups in total. The molecule has 0 amide bonds. The number of fused-ring (bicyclic) bond motifs is 2. The molecule has 6 nitrogen and oxygen atoms in total. The molecule has 0 bridgehead atoms. The number of aromatic nitrogens is 5. The highest BCUT2D eigenvalue weighted by Gasteiger charge is 2.26. The number of rotatable bonds is 2. The van der Waals surface area contributed by atoms with Crippen LogP contribution in [0.25, 0.3) is 27.9 Å². The van der Waals surface area contributed by atoms with Gasteiger partial charge in [-0.1, -0.05) is 23.7 Å². The van der Waals surface area contributed by atoms with E-state index in [-0.39, 0.29) is 11.6 Å². The Morgan fingerprint density at radius 2 is 2.04 bits per heavy atom. The lowest BCUT2D eigenvalue weighted by molar-refractivity contribution is 0.713. The number of benzene rings is 1. The van der Waals surface area contributed by atoms with Crippen molar-refractivity contribution < 1.29 is 0 Å². The normalized spacial score (nSPS) is 14.5. The topological polar surface area (TPSA) is 65.1 Å². The van der Waals surface area contributed by atoms with Crippen LogP contribution in [0.4, 0.5) is 0 Å². The van der Waals surface area contributed by atoms with Crippen molar-refractivity contribution in [3.8, 4) is 11.3 Å². The van der Waals surface area contributed by atoms with Gasteiger partial charge >= 0.3 is 0 Å². The molecule has 25 heavy (non-hydrogen) atoms. The Bertz CT molecular complexity index is 1210. The number of halogens is 1. The Kier molecular flexibility index (Phi) is 3.00. The van der Waals surface area contributed by atoms with Crippen molar-refractivity contribution in [2.75, 3.05) is 0 Å². The van der Waals surface area contributed by atoms with Crippen LogP contribution in [0.15, 0.2) is 41.3 Å². The Balaban J connectivity index is 1.98. The molecule has 0 saturated heterocycles. The first-order valence-corrected chi connectivity index (χ1v) is 8.54. The van der Waals surface area contributed by atoms with Crippen LogP contribution in [0.5, 0.6) is 0 Å². The molecule has 1 aromatic carbocycles. The zero-order valence-corrected chi connectivity index (χ0v) is 14.2. The van der Waals surface area contributed by atoms with Crippen molar-refractivity contribution >= 4 is 28.3 Å². The predicted molar refractivity (Wildman–Crippen MR) is 96.0 cm³/mol. The number of aryl methyl sites for hydroxylation is 1. The van der Waals surface area contributed by atoms with Gasteiger partial charge in [-0.3, -0.25) is 4.79 Å². The van der Waals surface area contributed by atoms with Crippen LogP contribution < -0.4 is 5.56 Å². The summed E-state index contributed by atoms with van der Waals surface area (Å²) in [4.78, 5) is 22.1. The third kappa shape index (κ3) is 2.25. The van der Waals surface area contributed by atoms with Gasteiger partial charge in [-0.15, -0.1) is 5.10 Å². The molecule has 1 saturated carbocycles. The maximum atomic E-state index is 13.2. The van der Waals surface area contributed by atoms with Crippen molar-refractivity contribution in [1.82, 2.24) is 24.1 Å². The van der Waals surface area contributed by atoms with Crippen LogP contribution in [0, 0.1) is 6.92 Å². The SMILES string of the molecule is Cc1nc2nc3ccn(C4CC4)c(=O)c3c(-c3cccc(Cl)c3)n2n1. The van der Waals surface area contributed by atoms with Gasteiger partial charge in [0.15, 0.2) is 0 Å². The lowest BCUT2D eigenvalue weighted by Gasteiger charge is -2.11. The minimum absolute atomic E-state index is 0.0440. The molecule has 0 atom stereocenters. The minimum Gasteiger partial charge on any atom is -0.312 e. The quantitative estimate of drug-likeness (QED) is 0.555. The highest BCUT2D eigenvalue weighted by Crippen LogP contribution is 2.34. The molecule has 4 aromatic rings. The summed E-state index contributed by atoms with van der Waals surface area (Å²) in [5, 5.41) is 5.61. The second kappa shape index (κ2) is 5.13. The number of pyridine rings is 1. The van der Waals surface area contributed by atoms with E-state index in [1.807, 2.05) is 37.4 Å². The number of hydrogen-bond acceptors (Lipinski definition) is 4. The van der Waals surface area contributed by atoms with E-state index in [1.165, 1.54) is 0 Å². The van der Waals surface area contributed by atoms with Gasteiger partial charge in [0.05, 0.1) is 16.6 Å². The minimum atomic E-state index is -0.0440. The van der Waals surface area contributed by atoms with E-state index in [1.54, 1.807) is 15.1 Å². The molecule has 124 valence electrons. The molecule has 1 aliphatic carbocycles. The van der Waals surface area contributed by atoms with Crippen LogP contribution >= 0.6 is 11.6 Å². The summed E-state index contributed by atoms with van der Waals surface area (Å²) in [5.74, 6) is 1.08. The number of hydrogen-bond donors (Lipinski definition) is 0. The van der Waals surface area contributed by atoms with Crippen molar-refractivity contribution in [3.05, 3.63) is 57.7 Å². The summed E-state index contributed by atoms with van der Waals surface area (Å²) < 4.78 is 3.44. The fourth-order valence-electron chi connectivity index (χ4n) is 3.24. The predicted octanol–water partition coefficient (Wildman–Crippen LogP) is 3.40. The zero-order valence-electron chi connectivity index (χ0n) is 13.5. The van der Waals surface area contributed by atoms with E-state index in [9.17, 15) is 4.79 Å². The van der Waals surface area contributed by atoms with Crippen molar-refractivity contribution in [2.45, 2.75) is 25.8 Å². The first-order chi connectivity index (χ1) is 12.1. The summed E-state index contributed by atoms with van der Waals surface area (Å²) in [6.07, 6.45) is 3.91. The molecule has 7 heteroatoms. The van der Waals surface area contributed by atoms with E-state index >= 15 is 0 Å². The van der Waals surface area contributed by atoms with Crippen LogP contribution in [-0.2, 0) is 0 Å². The molecular formula is C18H14ClN5O. The maximum Gasteiger partial charge on any atom is 0.262 e. The lowest BCUT2D eigenvalue weighted by Crippen LogP contribution is -2.20. The van der Waals surface area contributed by atoms with Gasteiger partial charge in [0.25, 0.3) is 11.3 Å². The summed E-state index contributed by atoms with van der Waals surface area (Å²) in [6, 6.07) is 9.60. The van der Waals surface area contributed by atoms with Gasteiger partial charge in [0, 0.05) is 22.8 Å². The molecule has 1 aliphatic rings. The molecule has 3 heterocycles. The molecule has 0 radical (unpaired) electrons. The molecule has 3 aromatic heterocycles. The van der Waals surface area contributed by atoms with E-state index < -0.39 is 0 Å². The average Bonchev–Trinajstić information content (AvgIpc) is 3.34. The van der Waals surface area contributed by atoms with Gasteiger partial charge in [-0.2, -0.15) is 9.50 Å². The average molecular weight is 352 g/mol. The van der Waals surface area contributed by atoms with Crippen molar-refractivity contribution in [1.29, 1.82) is 0 Å². The molecule has 1 fully saturated rings. The van der Waals surface area contributed by atoms with Crippen LogP contribution in [0.2, 0.25) is 5.02 Å². The van der Waals surface area contributed by atoms with E-state index in [4.69, 9.17) is 11.6 Å². The van der Waals surface area contributed by atoms with Crippen LogP contribution in [0.3, 0.4) is 0 Å². The fourth-order valence-corrected chi connectivity index (χ4v) is 3.43. The summed E-state index contributed by atoms with van der Waals surface area (Å²) in [6.45, 7) is 1.81. The fraction of sp³-hybridized carbons (Fsp3) is 0.222. The summed E-state index contributed by atoms with van der Waals surface area (Å²) in [7, 11) is 0. The highest BCUT2D eigenvalue weighted by molar-refractivity contribution is 6.30. The van der Waals surface area contributed by atoms with E-state index in [2.05, 4.69) is 15.1 Å². The van der Waals surface area contributed by atoms with Gasteiger partial charge < -0.3 is 4.57 Å². The van der Waals surface area contributed by atoms with Gasteiger partial charge in [-0.05, 0) is 38.0 Å². The van der Waals surface area contributed by atoms with Crippen molar-refractivity contribution in [3.63, 3.8) is 0 Å². The van der Waals surface area contributed by atoms with E-state index in [0.717, 1.165) is 18.4 Å². The molecule has 0 spiro atoms. The lowest BCUT2D eigenvalue weighted by atomic mass is 10.1. The standard InChI is InChI=1S/C18H14ClN5O/c1-10-20-18-21-14-7-8-23(13-5-6-13)17(25)15(14)16(24(18)22-10)11-3-2-4-12(19)9-11/h2-4,7-9,13H,5-6H2,1H3. The number of nitrogens with zero attached hydrogens (tertiary/aromatic N) is 5. The van der Waals surface area contributed by atoms with Gasteiger partial charge in [0.1, 0.15) is 5.82 Å². The van der Waals surface area contributed by atoms with Crippen molar-refractivity contribution in [2.24, 2.45) is 0 Å². The smallest absolute Gasteiger partial charge is 0.262 e. The Labute approximate surface area is 147 Å². The summed E-state index contributed by atoms with van der Waals surface area (Å²) in [5.41, 5.74) is 2.08. The first-order valence-electron chi connectivity index (χ1n) is 8.16. The largest absolute Gasteiger partial charge is 0.312 e. The second-order valence-corrected chi connectivity index (χ2v) is 6.80. The summed E-state index contributed by atoms with van der Waals surface area (Å²) >= 11 is 6.19. The molecule has 0 unspecified atom stereocenters. The van der Waals surface area contributed by atoms with Crippen LogP contribution in [-0.4, -0.2) is 24.1 Å². The highest BCUT2D eigenvalue weighted by atomic mass is 35.5. The third-order valence-electron chi connectivity index (χ3n) is 4.50. The molecule has 5 rings (SSSR count).